The zero-order chi connectivity index (χ0) is 17.6. The highest BCUT2D eigenvalue weighted by molar-refractivity contribution is 7.80. The van der Waals surface area contributed by atoms with Gasteiger partial charge >= 0.3 is 0 Å². The number of carbonyl (C=O) groups excluding carboxylic acids is 1. The molecular weight excluding hydrogens is 334 g/mol. The van der Waals surface area contributed by atoms with Crippen molar-refractivity contribution in [2.45, 2.75) is 0 Å². The second-order valence-electron chi connectivity index (χ2n) is 5.65. The van der Waals surface area contributed by atoms with Crippen molar-refractivity contribution < 1.29 is 9.90 Å². The summed E-state index contributed by atoms with van der Waals surface area (Å²) in [4.78, 5) is 17.6. The predicted molar refractivity (Wildman–Crippen MR) is 100 cm³/mol. The van der Waals surface area contributed by atoms with Crippen LogP contribution in [-0.4, -0.2) is 25.3 Å². The summed E-state index contributed by atoms with van der Waals surface area (Å²) in [5.41, 5.74) is 9.21. The van der Waals surface area contributed by atoms with Crippen molar-refractivity contribution in [1.29, 1.82) is 0 Å². The standard InChI is InChI=1S/C19H13N3O2S/c20-18(25)13-9-11(17(24)12-5-1-4-8-16(12)23)10-22-15-7-3-2-6-14(15)21-19(13)22/h1-10,23H,(H2,20,25). The summed E-state index contributed by atoms with van der Waals surface area (Å²) in [6.45, 7) is 0. The molecule has 0 saturated carbocycles. The van der Waals surface area contributed by atoms with Crippen LogP contribution in [0.5, 0.6) is 5.75 Å². The van der Waals surface area contributed by atoms with Crippen LogP contribution in [0.3, 0.4) is 0 Å². The van der Waals surface area contributed by atoms with E-state index in [0.29, 0.717) is 16.8 Å². The Kier molecular flexibility index (Phi) is 3.47. The van der Waals surface area contributed by atoms with Gasteiger partial charge in [0.15, 0.2) is 5.78 Å². The van der Waals surface area contributed by atoms with Crippen molar-refractivity contribution >= 4 is 39.7 Å². The van der Waals surface area contributed by atoms with Gasteiger partial charge in [0.1, 0.15) is 16.4 Å². The molecule has 0 aliphatic rings. The van der Waals surface area contributed by atoms with E-state index in [1.807, 2.05) is 24.3 Å². The Hall–Kier alpha value is -3.25. The van der Waals surface area contributed by atoms with Gasteiger partial charge in [0, 0.05) is 11.8 Å². The molecule has 0 saturated heterocycles. The lowest BCUT2D eigenvalue weighted by molar-refractivity contribution is 0.103. The molecule has 0 bridgehead atoms. The van der Waals surface area contributed by atoms with E-state index in [1.54, 1.807) is 34.9 Å². The first-order chi connectivity index (χ1) is 12.1. The maximum atomic E-state index is 12.9. The van der Waals surface area contributed by atoms with Gasteiger partial charge in [0.2, 0.25) is 0 Å². The highest BCUT2D eigenvalue weighted by Crippen LogP contribution is 2.24. The number of hydrogen-bond donors (Lipinski definition) is 2. The highest BCUT2D eigenvalue weighted by atomic mass is 32.1. The number of aromatic hydroxyl groups is 1. The molecule has 0 fully saturated rings. The van der Waals surface area contributed by atoms with Crippen LogP contribution in [0.4, 0.5) is 0 Å². The van der Waals surface area contributed by atoms with E-state index in [1.165, 1.54) is 6.07 Å². The number of ketones is 1. The molecule has 2 aromatic carbocycles. The van der Waals surface area contributed by atoms with Gasteiger partial charge in [-0.05, 0) is 30.3 Å². The zero-order valence-electron chi connectivity index (χ0n) is 13.0. The SMILES string of the molecule is NC(=S)c1cc(C(=O)c2ccccc2O)cn2c1nc1ccccc12. The number of phenolic OH excluding ortho intramolecular Hbond substituents is 1. The summed E-state index contributed by atoms with van der Waals surface area (Å²) in [5.74, 6) is -0.379. The average molecular weight is 347 g/mol. The van der Waals surface area contributed by atoms with Gasteiger partial charge in [0.05, 0.1) is 22.2 Å². The summed E-state index contributed by atoms with van der Waals surface area (Å²) in [7, 11) is 0. The van der Waals surface area contributed by atoms with Crippen LogP contribution in [0.15, 0.2) is 60.8 Å². The molecule has 2 heterocycles. The number of para-hydroxylation sites is 3. The fraction of sp³-hybridized carbons (Fsp3) is 0. The second kappa shape index (κ2) is 5.68. The van der Waals surface area contributed by atoms with Crippen molar-refractivity contribution in [3.05, 3.63) is 77.5 Å². The molecule has 0 spiro atoms. The van der Waals surface area contributed by atoms with E-state index in [2.05, 4.69) is 4.98 Å². The van der Waals surface area contributed by atoms with E-state index in [-0.39, 0.29) is 22.1 Å². The molecule has 0 unspecified atom stereocenters. The average Bonchev–Trinajstić information content (AvgIpc) is 2.99. The molecule has 2 aromatic heterocycles. The summed E-state index contributed by atoms with van der Waals surface area (Å²) in [6, 6.07) is 15.6. The largest absolute Gasteiger partial charge is 0.507 e. The number of rotatable bonds is 3. The van der Waals surface area contributed by atoms with Gasteiger partial charge in [0.25, 0.3) is 0 Å². The van der Waals surface area contributed by atoms with Crippen molar-refractivity contribution in [2.75, 3.05) is 0 Å². The number of carbonyl (C=O) groups is 1. The molecule has 25 heavy (non-hydrogen) atoms. The summed E-state index contributed by atoms with van der Waals surface area (Å²) in [6.07, 6.45) is 1.70. The third-order valence-corrected chi connectivity index (χ3v) is 4.30. The van der Waals surface area contributed by atoms with Crippen LogP contribution in [0.25, 0.3) is 16.7 Å². The van der Waals surface area contributed by atoms with Gasteiger partial charge in [-0.25, -0.2) is 4.98 Å². The van der Waals surface area contributed by atoms with E-state index >= 15 is 0 Å². The Bertz CT molecular complexity index is 1160. The predicted octanol–water partition coefficient (Wildman–Crippen LogP) is 3.06. The third kappa shape index (κ3) is 2.43. The van der Waals surface area contributed by atoms with Crippen LogP contribution in [-0.2, 0) is 0 Å². The molecule has 0 amide bonds. The Labute approximate surface area is 148 Å². The van der Waals surface area contributed by atoms with Gasteiger partial charge in [-0.3, -0.25) is 9.20 Å². The Morgan fingerprint density at radius 3 is 2.56 bits per heavy atom. The lowest BCUT2D eigenvalue weighted by atomic mass is 10.0. The van der Waals surface area contributed by atoms with Crippen LogP contribution >= 0.6 is 12.2 Å². The number of aromatic nitrogens is 2. The minimum Gasteiger partial charge on any atom is -0.507 e. The van der Waals surface area contributed by atoms with Crippen LogP contribution < -0.4 is 5.73 Å². The molecule has 4 rings (SSSR count). The number of thiocarbonyl (C=S) groups is 1. The Balaban J connectivity index is 2.02. The van der Waals surface area contributed by atoms with E-state index in [0.717, 1.165) is 11.0 Å². The quantitative estimate of drug-likeness (QED) is 0.440. The molecule has 6 heteroatoms. The smallest absolute Gasteiger partial charge is 0.198 e. The highest BCUT2D eigenvalue weighted by Gasteiger charge is 2.18. The second-order valence-corrected chi connectivity index (χ2v) is 6.09. The molecule has 0 radical (unpaired) electrons. The minimum atomic E-state index is -0.310. The number of nitrogens with zero attached hydrogens (tertiary/aromatic N) is 2. The molecule has 0 aliphatic carbocycles. The number of fused-ring (bicyclic) bond motifs is 3. The molecule has 122 valence electrons. The Morgan fingerprint density at radius 1 is 1.08 bits per heavy atom. The summed E-state index contributed by atoms with van der Waals surface area (Å²) in [5, 5.41) is 9.98. The first kappa shape index (κ1) is 15.3. The lowest BCUT2D eigenvalue weighted by Crippen LogP contribution is -2.14. The molecule has 4 aromatic rings. The van der Waals surface area contributed by atoms with Crippen molar-refractivity contribution in [2.24, 2.45) is 5.73 Å². The first-order valence-corrected chi connectivity index (χ1v) is 8.00. The van der Waals surface area contributed by atoms with Crippen molar-refractivity contribution in [3.8, 4) is 5.75 Å². The number of hydrogen-bond acceptors (Lipinski definition) is 4. The number of nitrogens with two attached hydrogens (primary N) is 1. The van der Waals surface area contributed by atoms with Gasteiger partial charge in [-0.2, -0.15) is 0 Å². The number of pyridine rings is 1. The van der Waals surface area contributed by atoms with E-state index < -0.39 is 0 Å². The monoisotopic (exact) mass is 347 g/mol. The maximum absolute atomic E-state index is 12.9. The summed E-state index contributed by atoms with van der Waals surface area (Å²) < 4.78 is 1.80. The first-order valence-electron chi connectivity index (χ1n) is 7.59. The van der Waals surface area contributed by atoms with Crippen molar-refractivity contribution in [1.82, 2.24) is 9.38 Å². The zero-order valence-corrected chi connectivity index (χ0v) is 13.8. The third-order valence-electron chi connectivity index (χ3n) is 4.08. The Morgan fingerprint density at radius 2 is 1.80 bits per heavy atom. The topological polar surface area (TPSA) is 80.6 Å². The van der Waals surface area contributed by atoms with E-state index in [9.17, 15) is 9.90 Å². The van der Waals surface area contributed by atoms with E-state index in [4.69, 9.17) is 18.0 Å². The van der Waals surface area contributed by atoms with Gasteiger partial charge in [-0.1, -0.05) is 36.5 Å². The number of phenols is 1. The molecule has 5 nitrogen and oxygen atoms in total. The molecular formula is C19H13N3O2S. The van der Waals surface area contributed by atoms with Crippen molar-refractivity contribution in [3.63, 3.8) is 0 Å². The molecule has 3 N–H and O–H groups in total. The number of imidazole rings is 1. The fourth-order valence-corrected chi connectivity index (χ4v) is 3.04. The van der Waals surface area contributed by atoms with Gasteiger partial charge < -0.3 is 10.8 Å². The lowest BCUT2D eigenvalue weighted by Gasteiger charge is -2.08. The molecule has 0 aliphatic heterocycles. The van der Waals surface area contributed by atoms with Crippen LogP contribution in [0.2, 0.25) is 0 Å². The minimum absolute atomic E-state index is 0.0695. The van der Waals surface area contributed by atoms with Crippen LogP contribution in [0, 0.1) is 0 Å². The van der Waals surface area contributed by atoms with Crippen LogP contribution in [0.1, 0.15) is 21.5 Å². The van der Waals surface area contributed by atoms with Gasteiger partial charge in [-0.15, -0.1) is 0 Å². The number of benzene rings is 2. The fourth-order valence-electron chi connectivity index (χ4n) is 2.89. The summed E-state index contributed by atoms with van der Waals surface area (Å²) >= 11 is 5.15. The molecule has 0 atom stereocenters. The normalized spacial score (nSPS) is 11.0. The maximum Gasteiger partial charge on any atom is 0.198 e.